The van der Waals surface area contributed by atoms with E-state index in [2.05, 4.69) is 300 Å². The molecule has 0 radical (unpaired) electrons. The average Bonchev–Trinajstić information content (AvgIpc) is 4.39. The highest BCUT2D eigenvalue weighted by Gasteiger charge is 2.48. The molecule has 12 aromatic carbocycles. The first kappa shape index (κ1) is 42.7. The summed E-state index contributed by atoms with van der Waals surface area (Å²) in [5.41, 5.74) is 23.7. The molecule has 0 N–H and O–H groups in total. The normalized spacial score (nSPS) is 13.7. The van der Waals surface area contributed by atoms with Crippen molar-refractivity contribution in [3.05, 3.63) is 336 Å². The number of benzene rings is 12. The number of aromatic nitrogens is 2. The number of para-hydroxylation sites is 2. The molecule has 2 aromatic heterocycles. The molecule has 0 atom stereocenters. The molecule has 2 nitrogen and oxygen atoms in total. The topological polar surface area (TPSA) is 9.86 Å². The summed E-state index contributed by atoms with van der Waals surface area (Å²) in [5.74, 6) is 0. The Hall–Kier alpha value is -9.76. The van der Waals surface area contributed by atoms with Crippen molar-refractivity contribution in [2.24, 2.45) is 0 Å². The van der Waals surface area contributed by atoms with Crippen molar-refractivity contribution in [2.75, 3.05) is 0 Å². The summed E-state index contributed by atoms with van der Waals surface area (Å²) in [5, 5.41) is 4.95. The van der Waals surface area contributed by atoms with Gasteiger partial charge in [0, 0.05) is 32.9 Å². The van der Waals surface area contributed by atoms with Crippen LogP contribution < -0.4 is 0 Å². The molecule has 76 heavy (non-hydrogen) atoms. The van der Waals surface area contributed by atoms with Crippen molar-refractivity contribution in [3.63, 3.8) is 0 Å². The van der Waals surface area contributed by atoms with Crippen LogP contribution in [0.3, 0.4) is 0 Å². The predicted octanol–water partition coefficient (Wildman–Crippen LogP) is 18.3. The first-order chi connectivity index (χ1) is 37.7. The van der Waals surface area contributed by atoms with Gasteiger partial charge in [-0.1, -0.05) is 231 Å². The van der Waals surface area contributed by atoms with E-state index in [-0.39, 0.29) is 0 Å². The minimum Gasteiger partial charge on any atom is -0.309 e. The van der Waals surface area contributed by atoms with E-state index in [1.807, 2.05) is 0 Å². The highest BCUT2D eigenvalue weighted by molar-refractivity contribution is 6.16. The highest BCUT2D eigenvalue weighted by atomic mass is 15.0. The van der Waals surface area contributed by atoms with Crippen molar-refractivity contribution >= 4 is 43.6 Å². The molecule has 2 aliphatic rings. The minimum absolute atomic E-state index is 0.546. The molecule has 0 aliphatic heterocycles. The van der Waals surface area contributed by atoms with Gasteiger partial charge in [0.25, 0.3) is 0 Å². The van der Waals surface area contributed by atoms with Gasteiger partial charge in [-0.05, 0) is 139 Å². The number of fused-ring (bicyclic) bond motifs is 12. The zero-order valence-corrected chi connectivity index (χ0v) is 41.6. The lowest BCUT2D eigenvalue weighted by molar-refractivity contribution is 0.769. The molecule has 14 aromatic rings. The molecule has 2 heteroatoms. The van der Waals surface area contributed by atoms with Gasteiger partial charge < -0.3 is 9.13 Å². The maximum atomic E-state index is 2.53. The van der Waals surface area contributed by atoms with Crippen LogP contribution in [0.15, 0.2) is 291 Å². The third-order valence-corrected chi connectivity index (χ3v) is 17.1. The van der Waals surface area contributed by atoms with E-state index in [1.54, 1.807) is 0 Å². The lowest BCUT2D eigenvalue weighted by Crippen LogP contribution is -2.28. The summed E-state index contributed by atoms with van der Waals surface area (Å²) >= 11 is 0. The van der Waals surface area contributed by atoms with Crippen LogP contribution in [0.25, 0.3) is 88.4 Å². The second-order valence-corrected chi connectivity index (χ2v) is 20.6. The maximum Gasteiger partial charge on any atom is 0.0713 e. The fraction of sp³-hybridized carbons (Fsp3) is 0.0270. The van der Waals surface area contributed by atoms with Gasteiger partial charge in [0.05, 0.1) is 32.9 Å². The van der Waals surface area contributed by atoms with Crippen molar-refractivity contribution in [1.82, 2.24) is 9.13 Å². The number of hydrogen-bond acceptors (Lipinski definition) is 0. The number of rotatable bonds is 7. The first-order valence-corrected chi connectivity index (χ1v) is 26.5. The van der Waals surface area contributed by atoms with Crippen LogP contribution in [-0.2, 0) is 10.8 Å². The van der Waals surface area contributed by atoms with Gasteiger partial charge in [-0.3, -0.25) is 0 Å². The van der Waals surface area contributed by atoms with E-state index < -0.39 is 10.8 Å². The van der Waals surface area contributed by atoms with Crippen LogP contribution in [0.1, 0.15) is 44.5 Å². The average molecular weight is 965 g/mol. The molecular formula is C74H48N2. The van der Waals surface area contributed by atoms with Gasteiger partial charge in [-0.15, -0.1) is 0 Å². The van der Waals surface area contributed by atoms with E-state index >= 15 is 0 Å². The third-order valence-electron chi connectivity index (χ3n) is 17.1. The predicted molar refractivity (Wildman–Crippen MR) is 315 cm³/mol. The van der Waals surface area contributed by atoms with Crippen molar-refractivity contribution < 1.29 is 0 Å². The van der Waals surface area contributed by atoms with Crippen LogP contribution in [-0.4, -0.2) is 9.13 Å². The van der Waals surface area contributed by atoms with Gasteiger partial charge in [-0.25, -0.2) is 0 Å². The molecule has 0 fully saturated rings. The first-order valence-electron chi connectivity index (χ1n) is 26.5. The fourth-order valence-electron chi connectivity index (χ4n) is 14.1. The molecule has 0 amide bonds. The van der Waals surface area contributed by atoms with Crippen molar-refractivity contribution in [2.45, 2.75) is 10.8 Å². The Morgan fingerprint density at radius 1 is 0.224 bits per heavy atom. The zero-order valence-electron chi connectivity index (χ0n) is 41.6. The van der Waals surface area contributed by atoms with Gasteiger partial charge in [0.15, 0.2) is 0 Å². The van der Waals surface area contributed by atoms with E-state index in [1.165, 1.54) is 122 Å². The third kappa shape index (κ3) is 5.76. The Bertz CT molecular complexity index is 4330. The summed E-state index contributed by atoms with van der Waals surface area (Å²) in [6, 6.07) is 109. The Labute approximate surface area is 441 Å². The maximum absolute atomic E-state index is 2.53. The number of nitrogens with zero attached hydrogens (tertiary/aromatic N) is 2. The van der Waals surface area contributed by atoms with Gasteiger partial charge in [0.1, 0.15) is 0 Å². The molecular weight excluding hydrogens is 917 g/mol. The summed E-state index contributed by atoms with van der Waals surface area (Å²) in [4.78, 5) is 0. The fourth-order valence-corrected chi connectivity index (χ4v) is 14.1. The summed E-state index contributed by atoms with van der Waals surface area (Å²) in [6.07, 6.45) is 0. The molecule has 16 rings (SSSR count). The molecule has 0 saturated heterocycles. The largest absolute Gasteiger partial charge is 0.309 e. The Kier molecular flexibility index (Phi) is 9.20. The standard InChI is InChI=1S/C74H48N2/c1-4-21-50(22-5-1)73(64-33-15-10-27-57(64)58-28-11-16-34-65(58)73)52-41-45-69-62(47-52)63-48-53(74(51-23-6-2-7-24-51)66-35-17-12-29-59(66)60-30-13-18-36-67(60)74)42-46-70(63)75(69)55-43-39-49(40-44-55)56-32-20-38-71-72(56)61-31-14-19-37-68(61)76(71)54-25-8-3-9-26-54/h1-48H. The Morgan fingerprint density at radius 3 is 1.09 bits per heavy atom. The summed E-state index contributed by atoms with van der Waals surface area (Å²) in [7, 11) is 0. The zero-order chi connectivity index (χ0) is 50.0. The highest BCUT2D eigenvalue weighted by Crippen LogP contribution is 2.59. The Balaban J connectivity index is 0.959. The van der Waals surface area contributed by atoms with E-state index in [4.69, 9.17) is 0 Å². The van der Waals surface area contributed by atoms with E-state index in [9.17, 15) is 0 Å². The van der Waals surface area contributed by atoms with Gasteiger partial charge in [-0.2, -0.15) is 0 Å². The lowest BCUT2D eigenvalue weighted by atomic mass is 9.67. The van der Waals surface area contributed by atoms with E-state index in [0.717, 1.165) is 11.4 Å². The van der Waals surface area contributed by atoms with Crippen LogP contribution >= 0.6 is 0 Å². The molecule has 2 heterocycles. The van der Waals surface area contributed by atoms with Crippen molar-refractivity contribution in [3.8, 4) is 44.8 Å². The SMILES string of the molecule is c1ccc(-n2c3ccccc3c3c(-c4ccc(-n5c6ccc(C7(c8ccccc8)c8ccccc8-c8ccccc87)cc6c6cc(C7(c8ccccc8)c8ccccc8-c8ccccc87)ccc65)cc4)cccc32)cc1. The van der Waals surface area contributed by atoms with Crippen LogP contribution in [0.2, 0.25) is 0 Å². The molecule has 0 unspecified atom stereocenters. The molecule has 0 bridgehead atoms. The van der Waals surface area contributed by atoms with Crippen LogP contribution in [0.5, 0.6) is 0 Å². The molecule has 0 spiro atoms. The quantitative estimate of drug-likeness (QED) is 0.151. The van der Waals surface area contributed by atoms with Crippen LogP contribution in [0.4, 0.5) is 0 Å². The van der Waals surface area contributed by atoms with Gasteiger partial charge >= 0.3 is 0 Å². The Morgan fingerprint density at radius 2 is 0.592 bits per heavy atom. The monoisotopic (exact) mass is 964 g/mol. The van der Waals surface area contributed by atoms with Gasteiger partial charge in [0.2, 0.25) is 0 Å². The number of hydrogen-bond donors (Lipinski definition) is 0. The second kappa shape index (κ2) is 16.4. The summed E-state index contributed by atoms with van der Waals surface area (Å²) < 4.78 is 4.90. The lowest BCUT2D eigenvalue weighted by Gasteiger charge is -2.34. The molecule has 0 saturated carbocycles. The molecule has 2 aliphatic carbocycles. The second-order valence-electron chi connectivity index (χ2n) is 20.6. The van der Waals surface area contributed by atoms with Crippen LogP contribution in [0, 0.1) is 0 Å². The summed E-state index contributed by atoms with van der Waals surface area (Å²) in [6.45, 7) is 0. The van der Waals surface area contributed by atoms with E-state index in [0.29, 0.717) is 0 Å². The van der Waals surface area contributed by atoms with Crippen molar-refractivity contribution in [1.29, 1.82) is 0 Å². The smallest absolute Gasteiger partial charge is 0.0713 e. The molecule has 354 valence electrons. The minimum atomic E-state index is -0.546.